The molecule has 0 radical (unpaired) electrons. The Labute approximate surface area is 195 Å². The van der Waals surface area contributed by atoms with Crippen LogP contribution in [0.1, 0.15) is 59.0 Å². The Hall–Kier alpha value is -3.00. The molecule has 174 valence electrons. The molecular formula is C25H32N6O2. The molecule has 2 aromatic rings. The Morgan fingerprint density at radius 2 is 2.00 bits per heavy atom. The molecular weight excluding hydrogens is 416 g/mol. The SMILES string of the molecule is CNc1nc([C@H]2CCCN(C)C2)nc2c1CCN(C(=O)c1cccc(N3CCCC3=O)c1)C2. The Morgan fingerprint density at radius 3 is 2.76 bits per heavy atom. The van der Waals surface area contributed by atoms with E-state index in [9.17, 15) is 9.59 Å². The van der Waals surface area contributed by atoms with Crippen molar-refractivity contribution >= 4 is 23.3 Å². The summed E-state index contributed by atoms with van der Waals surface area (Å²) in [6.45, 7) is 3.91. The van der Waals surface area contributed by atoms with Crippen LogP contribution in [0.25, 0.3) is 0 Å². The minimum absolute atomic E-state index is 0.0160. The number of hydrogen-bond donors (Lipinski definition) is 1. The van der Waals surface area contributed by atoms with Gasteiger partial charge in [-0.3, -0.25) is 9.59 Å². The predicted molar refractivity (Wildman–Crippen MR) is 128 cm³/mol. The third-order valence-corrected chi connectivity index (χ3v) is 7.07. The fraction of sp³-hybridized carbons (Fsp3) is 0.520. The van der Waals surface area contributed by atoms with Gasteiger partial charge in [-0.25, -0.2) is 9.97 Å². The van der Waals surface area contributed by atoms with E-state index in [1.165, 1.54) is 0 Å². The molecule has 3 aliphatic heterocycles. The van der Waals surface area contributed by atoms with Crippen molar-refractivity contribution in [3.63, 3.8) is 0 Å². The normalized spacial score (nSPS) is 21.3. The third kappa shape index (κ3) is 4.31. The molecule has 3 aliphatic rings. The van der Waals surface area contributed by atoms with Crippen LogP contribution in [0.5, 0.6) is 0 Å². The molecule has 2 fully saturated rings. The van der Waals surface area contributed by atoms with Gasteiger partial charge in [0.25, 0.3) is 5.91 Å². The van der Waals surface area contributed by atoms with Gasteiger partial charge in [-0.2, -0.15) is 0 Å². The number of aromatic nitrogens is 2. The number of amides is 2. The van der Waals surface area contributed by atoms with E-state index in [4.69, 9.17) is 9.97 Å². The molecule has 2 saturated heterocycles. The van der Waals surface area contributed by atoms with Crippen LogP contribution in [0.3, 0.4) is 0 Å². The molecule has 0 saturated carbocycles. The van der Waals surface area contributed by atoms with Gasteiger partial charge in [-0.1, -0.05) is 6.07 Å². The summed E-state index contributed by atoms with van der Waals surface area (Å²) >= 11 is 0. The molecule has 4 heterocycles. The predicted octanol–water partition coefficient (Wildman–Crippen LogP) is 2.65. The summed E-state index contributed by atoms with van der Waals surface area (Å²) in [6.07, 6.45) is 4.42. The summed E-state index contributed by atoms with van der Waals surface area (Å²) < 4.78 is 0. The first-order chi connectivity index (χ1) is 16.0. The Kier molecular flexibility index (Phi) is 6.01. The second-order valence-electron chi connectivity index (χ2n) is 9.38. The van der Waals surface area contributed by atoms with Crippen molar-refractivity contribution in [3.05, 3.63) is 46.9 Å². The summed E-state index contributed by atoms with van der Waals surface area (Å²) in [5, 5.41) is 3.26. The Bertz CT molecular complexity index is 1070. The van der Waals surface area contributed by atoms with Crippen LogP contribution in [0.2, 0.25) is 0 Å². The Morgan fingerprint density at radius 1 is 1.12 bits per heavy atom. The topological polar surface area (TPSA) is 81.7 Å². The molecule has 1 atom stereocenters. The molecule has 1 N–H and O–H groups in total. The van der Waals surface area contributed by atoms with Gasteiger partial charge in [0.05, 0.1) is 12.2 Å². The number of nitrogens with zero attached hydrogens (tertiary/aromatic N) is 5. The maximum absolute atomic E-state index is 13.4. The molecule has 8 heteroatoms. The number of piperidine rings is 1. The van der Waals surface area contributed by atoms with Gasteiger partial charge < -0.3 is 20.0 Å². The average Bonchev–Trinajstić information content (AvgIpc) is 3.28. The van der Waals surface area contributed by atoms with E-state index in [1.807, 2.05) is 36.2 Å². The van der Waals surface area contributed by atoms with Gasteiger partial charge in [-0.15, -0.1) is 0 Å². The maximum Gasteiger partial charge on any atom is 0.254 e. The highest BCUT2D eigenvalue weighted by Crippen LogP contribution is 2.30. The number of carbonyl (C=O) groups excluding carboxylic acids is 2. The van der Waals surface area contributed by atoms with E-state index in [0.29, 0.717) is 31.0 Å². The summed E-state index contributed by atoms with van der Waals surface area (Å²) in [4.78, 5) is 41.4. The van der Waals surface area contributed by atoms with Crippen molar-refractivity contribution in [2.45, 2.75) is 44.6 Å². The number of fused-ring (bicyclic) bond motifs is 1. The monoisotopic (exact) mass is 448 g/mol. The molecule has 1 aromatic carbocycles. The zero-order chi connectivity index (χ0) is 22.9. The van der Waals surface area contributed by atoms with Gasteiger partial charge in [0, 0.05) is 55.8 Å². The number of likely N-dealkylation sites (N-methyl/N-ethyl adjacent to an activating group) is 1. The van der Waals surface area contributed by atoms with Crippen LogP contribution >= 0.6 is 0 Å². The first-order valence-corrected chi connectivity index (χ1v) is 12.0. The number of hydrogen-bond acceptors (Lipinski definition) is 6. The lowest BCUT2D eigenvalue weighted by Gasteiger charge is -2.32. The quantitative estimate of drug-likeness (QED) is 0.775. The van der Waals surface area contributed by atoms with Crippen molar-refractivity contribution < 1.29 is 9.59 Å². The highest BCUT2D eigenvalue weighted by molar-refractivity contribution is 5.99. The number of benzene rings is 1. The number of carbonyl (C=O) groups is 2. The largest absolute Gasteiger partial charge is 0.373 e. The Balaban J connectivity index is 1.38. The lowest BCUT2D eigenvalue weighted by Crippen LogP contribution is -2.38. The van der Waals surface area contributed by atoms with Crippen molar-refractivity contribution in [1.82, 2.24) is 19.8 Å². The van der Waals surface area contributed by atoms with Crippen LogP contribution in [-0.4, -0.2) is 71.9 Å². The number of anilines is 2. The molecule has 5 rings (SSSR count). The molecule has 0 aliphatic carbocycles. The van der Waals surface area contributed by atoms with Gasteiger partial charge in [0.1, 0.15) is 11.6 Å². The summed E-state index contributed by atoms with van der Waals surface area (Å²) in [6, 6.07) is 7.46. The van der Waals surface area contributed by atoms with Crippen LogP contribution < -0.4 is 10.2 Å². The van der Waals surface area contributed by atoms with Crippen molar-refractivity contribution in [2.75, 3.05) is 50.5 Å². The van der Waals surface area contributed by atoms with Crippen LogP contribution in [-0.2, 0) is 17.8 Å². The number of nitrogens with one attached hydrogen (secondary N) is 1. The highest BCUT2D eigenvalue weighted by Gasteiger charge is 2.29. The smallest absolute Gasteiger partial charge is 0.254 e. The van der Waals surface area contributed by atoms with E-state index >= 15 is 0 Å². The average molecular weight is 449 g/mol. The maximum atomic E-state index is 13.4. The second-order valence-corrected chi connectivity index (χ2v) is 9.38. The minimum atomic E-state index is -0.0160. The zero-order valence-corrected chi connectivity index (χ0v) is 19.5. The standard InChI is InChI=1S/C25H32N6O2/c1-26-24-20-10-13-30(16-21(20)27-23(28-24)18-7-4-11-29(2)15-18)25(33)17-6-3-8-19(14-17)31-12-5-9-22(31)32/h3,6,8,14,18H,4-5,7,9-13,15-16H2,1-2H3,(H,26,27,28)/t18-/m0/s1. The van der Waals surface area contributed by atoms with Gasteiger partial charge >= 0.3 is 0 Å². The van der Waals surface area contributed by atoms with Crippen molar-refractivity contribution in [2.24, 2.45) is 0 Å². The zero-order valence-electron chi connectivity index (χ0n) is 19.5. The first-order valence-electron chi connectivity index (χ1n) is 12.0. The number of rotatable bonds is 4. The van der Waals surface area contributed by atoms with Crippen LogP contribution in [0, 0.1) is 0 Å². The molecule has 1 aromatic heterocycles. The van der Waals surface area contributed by atoms with Crippen LogP contribution in [0.15, 0.2) is 24.3 Å². The lowest BCUT2D eigenvalue weighted by atomic mass is 9.96. The molecule has 0 unspecified atom stereocenters. The summed E-state index contributed by atoms with van der Waals surface area (Å²) in [5.41, 5.74) is 3.49. The first kappa shape index (κ1) is 21.8. The van der Waals surface area contributed by atoms with Gasteiger partial charge in [-0.05, 0) is 57.5 Å². The van der Waals surface area contributed by atoms with Crippen LogP contribution in [0.4, 0.5) is 11.5 Å². The van der Waals surface area contributed by atoms with Gasteiger partial charge in [0.2, 0.25) is 5.91 Å². The fourth-order valence-corrected chi connectivity index (χ4v) is 5.30. The molecule has 2 amide bonds. The minimum Gasteiger partial charge on any atom is -0.373 e. The fourth-order valence-electron chi connectivity index (χ4n) is 5.30. The summed E-state index contributed by atoms with van der Waals surface area (Å²) in [7, 11) is 4.05. The molecule has 0 bridgehead atoms. The van der Waals surface area contributed by atoms with Crippen molar-refractivity contribution in [3.8, 4) is 0 Å². The van der Waals surface area contributed by atoms with E-state index in [-0.39, 0.29) is 11.8 Å². The van der Waals surface area contributed by atoms with Gasteiger partial charge in [0.15, 0.2) is 0 Å². The van der Waals surface area contributed by atoms with E-state index < -0.39 is 0 Å². The second kappa shape index (κ2) is 9.09. The highest BCUT2D eigenvalue weighted by atomic mass is 16.2. The van der Waals surface area contributed by atoms with E-state index in [0.717, 1.165) is 73.9 Å². The summed E-state index contributed by atoms with van der Waals surface area (Å²) in [5.74, 6) is 2.21. The molecule has 8 nitrogen and oxygen atoms in total. The number of likely N-dealkylation sites (tertiary alicyclic amines) is 1. The van der Waals surface area contributed by atoms with Crippen molar-refractivity contribution in [1.29, 1.82) is 0 Å². The van der Waals surface area contributed by atoms with E-state index in [1.54, 1.807) is 4.90 Å². The lowest BCUT2D eigenvalue weighted by molar-refractivity contribution is -0.117. The molecule has 0 spiro atoms. The third-order valence-electron chi connectivity index (χ3n) is 7.07. The van der Waals surface area contributed by atoms with E-state index in [2.05, 4.69) is 17.3 Å². The molecule has 33 heavy (non-hydrogen) atoms.